The van der Waals surface area contributed by atoms with Crippen molar-refractivity contribution in [3.63, 3.8) is 0 Å². The number of rotatable bonds is 2. The van der Waals surface area contributed by atoms with E-state index in [4.69, 9.17) is 4.74 Å². The lowest BCUT2D eigenvalue weighted by Crippen LogP contribution is -2.28. The fourth-order valence-corrected chi connectivity index (χ4v) is 4.44. The summed E-state index contributed by atoms with van der Waals surface area (Å²) in [5.74, 6) is 0.605. The Labute approximate surface area is 133 Å². The molecule has 3 nitrogen and oxygen atoms in total. The van der Waals surface area contributed by atoms with Gasteiger partial charge >= 0.3 is 5.97 Å². The quantitative estimate of drug-likeness (QED) is 0.661. The summed E-state index contributed by atoms with van der Waals surface area (Å²) in [5.41, 5.74) is 2.95. The molecule has 2 heterocycles. The Morgan fingerprint density at radius 2 is 2.27 bits per heavy atom. The number of hydrogen-bond acceptors (Lipinski definition) is 4. The molecule has 0 saturated heterocycles. The standard InChI is InChI=1S/C18H17NO2S/c1-21-18(20)11-7-8-15-14(10-11)12-4-2-5-13(12)17(19-15)16-6-3-9-22-16/h2-4,6-10,12-13,17,19H,5H2,1H3. The van der Waals surface area contributed by atoms with Crippen molar-refractivity contribution < 1.29 is 9.53 Å². The topological polar surface area (TPSA) is 38.3 Å². The first kappa shape index (κ1) is 13.6. The lowest BCUT2D eigenvalue weighted by Gasteiger charge is -2.37. The summed E-state index contributed by atoms with van der Waals surface area (Å²) in [6, 6.07) is 10.5. The number of anilines is 1. The molecule has 3 atom stereocenters. The Bertz CT molecular complexity index is 736. The molecule has 2 aromatic rings. The highest BCUT2D eigenvalue weighted by Crippen LogP contribution is 2.50. The molecule has 0 spiro atoms. The maximum atomic E-state index is 11.8. The number of allylic oxidation sites excluding steroid dienone is 2. The number of esters is 1. The largest absolute Gasteiger partial charge is 0.465 e. The van der Waals surface area contributed by atoms with E-state index in [1.807, 2.05) is 18.2 Å². The molecule has 1 N–H and O–H groups in total. The van der Waals surface area contributed by atoms with E-state index >= 15 is 0 Å². The van der Waals surface area contributed by atoms with Crippen LogP contribution in [0.5, 0.6) is 0 Å². The van der Waals surface area contributed by atoms with Gasteiger partial charge in [-0.1, -0.05) is 18.2 Å². The Morgan fingerprint density at radius 1 is 1.36 bits per heavy atom. The Balaban J connectivity index is 1.77. The van der Waals surface area contributed by atoms with Gasteiger partial charge < -0.3 is 10.1 Å². The smallest absolute Gasteiger partial charge is 0.337 e. The number of ether oxygens (including phenoxy) is 1. The molecule has 112 valence electrons. The van der Waals surface area contributed by atoms with Crippen molar-refractivity contribution in [2.45, 2.75) is 18.4 Å². The molecule has 0 radical (unpaired) electrons. The molecule has 0 fully saturated rings. The first-order valence-electron chi connectivity index (χ1n) is 7.47. The van der Waals surface area contributed by atoms with Crippen LogP contribution in [0.4, 0.5) is 5.69 Å². The highest BCUT2D eigenvalue weighted by Gasteiger charge is 2.38. The minimum atomic E-state index is -0.276. The van der Waals surface area contributed by atoms with Gasteiger partial charge in [-0.05, 0) is 47.5 Å². The number of methoxy groups -OCH3 is 1. The molecule has 3 unspecified atom stereocenters. The average Bonchev–Trinajstić information content (AvgIpc) is 3.24. The van der Waals surface area contributed by atoms with Crippen molar-refractivity contribution in [3.8, 4) is 0 Å². The third kappa shape index (κ3) is 2.06. The van der Waals surface area contributed by atoms with Crippen molar-refractivity contribution in [1.82, 2.24) is 0 Å². The van der Waals surface area contributed by atoms with Crippen LogP contribution in [0.2, 0.25) is 0 Å². The SMILES string of the molecule is COC(=O)c1ccc2c(c1)C1C=CCC1C(c1cccs1)N2. The molecule has 1 aliphatic carbocycles. The van der Waals surface area contributed by atoms with Crippen LogP contribution in [0.25, 0.3) is 0 Å². The van der Waals surface area contributed by atoms with Crippen LogP contribution in [0.15, 0.2) is 47.9 Å². The Morgan fingerprint density at radius 3 is 3.05 bits per heavy atom. The number of carbonyl (C=O) groups is 1. The van der Waals surface area contributed by atoms with Crippen LogP contribution in [0, 0.1) is 5.92 Å². The van der Waals surface area contributed by atoms with Gasteiger partial charge in [0.05, 0.1) is 18.7 Å². The summed E-state index contributed by atoms with van der Waals surface area (Å²) >= 11 is 1.80. The number of fused-ring (bicyclic) bond motifs is 3. The second kappa shape index (κ2) is 5.29. The predicted molar refractivity (Wildman–Crippen MR) is 88.5 cm³/mol. The van der Waals surface area contributed by atoms with E-state index in [0.29, 0.717) is 23.4 Å². The number of nitrogens with one attached hydrogen (secondary N) is 1. The van der Waals surface area contributed by atoms with Crippen molar-refractivity contribution in [3.05, 3.63) is 63.9 Å². The third-order valence-electron chi connectivity index (χ3n) is 4.63. The number of hydrogen-bond donors (Lipinski definition) is 1. The van der Waals surface area contributed by atoms with Gasteiger partial charge in [-0.15, -0.1) is 11.3 Å². The fourth-order valence-electron chi connectivity index (χ4n) is 3.59. The van der Waals surface area contributed by atoms with Gasteiger partial charge in [0.2, 0.25) is 0 Å². The van der Waals surface area contributed by atoms with Gasteiger partial charge in [-0.2, -0.15) is 0 Å². The van der Waals surface area contributed by atoms with Gasteiger partial charge in [0, 0.05) is 16.5 Å². The highest BCUT2D eigenvalue weighted by molar-refractivity contribution is 7.10. The maximum absolute atomic E-state index is 11.8. The van der Waals surface area contributed by atoms with Crippen molar-refractivity contribution >= 4 is 23.0 Å². The Kier molecular flexibility index (Phi) is 3.26. The predicted octanol–water partition coefficient (Wildman–Crippen LogP) is 4.36. The number of carbonyl (C=O) groups excluding carboxylic acids is 1. The van der Waals surface area contributed by atoms with Crippen molar-refractivity contribution in [1.29, 1.82) is 0 Å². The van der Waals surface area contributed by atoms with Crippen molar-refractivity contribution in [2.75, 3.05) is 12.4 Å². The van der Waals surface area contributed by atoms with E-state index in [1.54, 1.807) is 11.3 Å². The van der Waals surface area contributed by atoms with Crippen LogP contribution < -0.4 is 5.32 Å². The Hall–Kier alpha value is -2.07. The summed E-state index contributed by atoms with van der Waals surface area (Å²) in [5, 5.41) is 5.80. The third-order valence-corrected chi connectivity index (χ3v) is 5.59. The van der Waals surface area contributed by atoms with E-state index in [0.717, 1.165) is 12.1 Å². The zero-order valence-electron chi connectivity index (χ0n) is 12.3. The van der Waals surface area contributed by atoms with Crippen LogP contribution in [-0.2, 0) is 4.74 Å². The van der Waals surface area contributed by atoms with Gasteiger partial charge in [-0.3, -0.25) is 0 Å². The molecule has 0 bridgehead atoms. The van der Waals surface area contributed by atoms with E-state index in [-0.39, 0.29) is 5.97 Å². The summed E-state index contributed by atoms with van der Waals surface area (Å²) in [6.07, 6.45) is 5.62. The second-order valence-electron chi connectivity index (χ2n) is 5.78. The summed E-state index contributed by atoms with van der Waals surface area (Å²) in [6.45, 7) is 0. The van der Waals surface area contributed by atoms with Crippen LogP contribution in [0.3, 0.4) is 0 Å². The van der Waals surface area contributed by atoms with Gasteiger partial charge in [0.15, 0.2) is 0 Å². The van der Waals surface area contributed by atoms with Gasteiger partial charge in [0.25, 0.3) is 0 Å². The molecule has 0 saturated carbocycles. The van der Waals surface area contributed by atoms with E-state index < -0.39 is 0 Å². The average molecular weight is 311 g/mol. The summed E-state index contributed by atoms with van der Waals surface area (Å²) in [4.78, 5) is 13.2. The monoisotopic (exact) mass is 311 g/mol. The molecule has 4 heteroatoms. The lowest BCUT2D eigenvalue weighted by molar-refractivity contribution is 0.0600. The van der Waals surface area contributed by atoms with E-state index in [2.05, 4.69) is 35.0 Å². The molecular formula is C18H17NO2S. The first-order valence-corrected chi connectivity index (χ1v) is 8.35. The molecule has 1 aliphatic heterocycles. The summed E-state index contributed by atoms with van der Waals surface area (Å²) < 4.78 is 4.84. The maximum Gasteiger partial charge on any atom is 0.337 e. The second-order valence-corrected chi connectivity index (χ2v) is 6.76. The highest BCUT2D eigenvalue weighted by atomic mass is 32.1. The van der Waals surface area contributed by atoms with Crippen molar-refractivity contribution in [2.24, 2.45) is 5.92 Å². The van der Waals surface area contributed by atoms with Gasteiger partial charge in [-0.25, -0.2) is 4.79 Å². The molecule has 22 heavy (non-hydrogen) atoms. The van der Waals surface area contributed by atoms with Crippen LogP contribution in [0.1, 0.15) is 39.2 Å². The number of benzene rings is 1. The zero-order valence-corrected chi connectivity index (χ0v) is 13.1. The number of thiophene rings is 1. The van der Waals surface area contributed by atoms with E-state index in [9.17, 15) is 4.79 Å². The normalized spacial score (nSPS) is 25.2. The summed E-state index contributed by atoms with van der Waals surface area (Å²) in [7, 11) is 1.42. The lowest BCUT2D eigenvalue weighted by atomic mass is 9.78. The molecule has 4 rings (SSSR count). The molecule has 2 aliphatic rings. The zero-order chi connectivity index (χ0) is 15.1. The minimum absolute atomic E-state index is 0.276. The molecule has 0 amide bonds. The van der Waals surface area contributed by atoms with Crippen LogP contribution >= 0.6 is 11.3 Å². The fraction of sp³-hybridized carbons (Fsp3) is 0.278. The van der Waals surface area contributed by atoms with E-state index in [1.165, 1.54) is 17.6 Å². The molecule has 1 aromatic heterocycles. The molecular weight excluding hydrogens is 294 g/mol. The van der Waals surface area contributed by atoms with Crippen LogP contribution in [-0.4, -0.2) is 13.1 Å². The first-order chi connectivity index (χ1) is 10.8. The molecule has 1 aromatic carbocycles. The minimum Gasteiger partial charge on any atom is -0.465 e. The van der Waals surface area contributed by atoms with Gasteiger partial charge in [0.1, 0.15) is 0 Å².